The van der Waals surface area contributed by atoms with Crippen LogP contribution in [0.15, 0.2) is 36.5 Å². The van der Waals surface area contributed by atoms with Gasteiger partial charge < -0.3 is 9.47 Å². The summed E-state index contributed by atoms with van der Waals surface area (Å²) in [4.78, 5) is 8.06. The SMILES string of the molecule is COc1cc(C#N)ccc1Oc1cnc2cc(F)c(F)cc2n1. The number of nitrogens with zero attached hydrogens (tertiary/aromatic N) is 3. The largest absolute Gasteiger partial charge is 0.493 e. The number of rotatable bonds is 3. The van der Waals surface area contributed by atoms with Gasteiger partial charge in [0.15, 0.2) is 23.1 Å². The molecule has 3 aromatic rings. The van der Waals surface area contributed by atoms with E-state index in [1.54, 1.807) is 12.1 Å². The molecule has 0 spiro atoms. The van der Waals surface area contributed by atoms with Gasteiger partial charge in [-0.2, -0.15) is 5.26 Å². The Balaban J connectivity index is 1.99. The standard InChI is InChI=1S/C16H9F2N3O2/c1-22-15-4-9(7-19)2-3-14(15)23-16-8-20-12-5-10(17)11(18)6-13(12)21-16/h2-6,8H,1H3. The van der Waals surface area contributed by atoms with E-state index in [9.17, 15) is 8.78 Å². The predicted octanol–water partition coefficient (Wildman–Crippen LogP) is 3.58. The highest BCUT2D eigenvalue weighted by Crippen LogP contribution is 2.31. The Bertz CT molecular complexity index is 938. The fourth-order valence-electron chi connectivity index (χ4n) is 1.97. The van der Waals surface area contributed by atoms with Crippen LogP contribution < -0.4 is 9.47 Å². The molecule has 0 N–H and O–H groups in total. The number of hydrogen-bond donors (Lipinski definition) is 0. The number of aromatic nitrogens is 2. The monoisotopic (exact) mass is 313 g/mol. The molecule has 114 valence electrons. The fourth-order valence-corrected chi connectivity index (χ4v) is 1.97. The number of benzene rings is 2. The minimum Gasteiger partial charge on any atom is -0.493 e. The van der Waals surface area contributed by atoms with Crippen LogP contribution in [0.5, 0.6) is 17.4 Å². The molecule has 0 aliphatic rings. The Hall–Kier alpha value is -3.27. The second-order valence-electron chi connectivity index (χ2n) is 4.54. The van der Waals surface area contributed by atoms with Crippen molar-refractivity contribution in [2.45, 2.75) is 0 Å². The first-order valence-corrected chi connectivity index (χ1v) is 6.48. The number of methoxy groups -OCH3 is 1. The summed E-state index contributed by atoms with van der Waals surface area (Å²) in [5.74, 6) is -1.25. The Morgan fingerprint density at radius 2 is 1.78 bits per heavy atom. The Morgan fingerprint density at radius 3 is 2.48 bits per heavy atom. The van der Waals surface area contributed by atoms with Crippen molar-refractivity contribution in [2.24, 2.45) is 0 Å². The molecule has 0 unspecified atom stereocenters. The van der Waals surface area contributed by atoms with Gasteiger partial charge in [-0.1, -0.05) is 0 Å². The van der Waals surface area contributed by atoms with Gasteiger partial charge in [0.1, 0.15) is 0 Å². The van der Waals surface area contributed by atoms with E-state index < -0.39 is 11.6 Å². The van der Waals surface area contributed by atoms with Crippen molar-refractivity contribution in [2.75, 3.05) is 7.11 Å². The highest BCUT2D eigenvalue weighted by Gasteiger charge is 2.11. The first-order valence-electron chi connectivity index (χ1n) is 6.48. The smallest absolute Gasteiger partial charge is 0.238 e. The van der Waals surface area contributed by atoms with E-state index in [0.717, 1.165) is 12.1 Å². The molecule has 0 radical (unpaired) electrons. The third-order valence-corrected chi connectivity index (χ3v) is 3.07. The molecular formula is C16H9F2N3O2. The maximum atomic E-state index is 13.3. The van der Waals surface area contributed by atoms with E-state index >= 15 is 0 Å². The summed E-state index contributed by atoms with van der Waals surface area (Å²) < 4.78 is 37.1. The van der Waals surface area contributed by atoms with Gasteiger partial charge in [-0.3, -0.25) is 0 Å². The molecule has 2 aromatic carbocycles. The molecule has 0 amide bonds. The topological polar surface area (TPSA) is 68.0 Å². The minimum absolute atomic E-state index is 0.0894. The second-order valence-corrected chi connectivity index (χ2v) is 4.54. The molecule has 7 heteroatoms. The van der Waals surface area contributed by atoms with E-state index in [1.165, 1.54) is 19.4 Å². The lowest BCUT2D eigenvalue weighted by atomic mass is 10.2. The van der Waals surface area contributed by atoms with Crippen molar-refractivity contribution < 1.29 is 18.3 Å². The first-order chi connectivity index (χ1) is 11.1. The van der Waals surface area contributed by atoms with E-state index in [1.807, 2.05) is 6.07 Å². The molecule has 0 saturated carbocycles. The second kappa shape index (κ2) is 5.85. The molecule has 0 fully saturated rings. The molecule has 1 heterocycles. The minimum atomic E-state index is -1.01. The molecule has 0 aliphatic carbocycles. The highest BCUT2D eigenvalue weighted by atomic mass is 19.2. The molecule has 0 saturated heterocycles. The van der Waals surface area contributed by atoms with Crippen LogP contribution in [-0.4, -0.2) is 17.1 Å². The van der Waals surface area contributed by atoms with Gasteiger partial charge in [0.25, 0.3) is 0 Å². The lowest BCUT2D eigenvalue weighted by molar-refractivity contribution is 0.374. The third-order valence-electron chi connectivity index (χ3n) is 3.07. The van der Waals surface area contributed by atoms with Crippen LogP contribution in [0.25, 0.3) is 11.0 Å². The van der Waals surface area contributed by atoms with Gasteiger partial charge in [0.05, 0.1) is 36.0 Å². The molecule has 0 bridgehead atoms. The summed E-state index contributed by atoms with van der Waals surface area (Å²) in [6.07, 6.45) is 1.29. The van der Waals surface area contributed by atoms with Crippen LogP contribution >= 0.6 is 0 Å². The number of hydrogen-bond acceptors (Lipinski definition) is 5. The zero-order chi connectivity index (χ0) is 16.4. The van der Waals surface area contributed by atoms with Crippen molar-refractivity contribution in [3.8, 4) is 23.4 Å². The fraction of sp³-hybridized carbons (Fsp3) is 0.0625. The number of nitriles is 1. The van der Waals surface area contributed by atoms with E-state index in [-0.39, 0.29) is 16.9 Å². The lowest BCUT2D eigenvalue weighted by Gasteiger charge is -2.10. The molecular weight excluding hydrogens is 304 g/mol. The van der Waals surface area contributed by atoms with E-state index in [2.05, 4.69) is 9.97 Å². The highest BCUT2D eigenvalue weighted by molar-refractivity contribution is 5.74. The Morgan fingerprint density at radius 1 is 1.04 bits per heavy atom. The van der Waals surface area contributed by atoms with Crippen LogP contribution in [0.4, 0.5) is 8.78 Å². The van der Waals surface area contributed by atoms with Crippen molar-refractivity contribution in [3.63, 3.8) is 0 Å². The molecule has 23 heavy (non-hydrogen) atoms. The van der Waals surface area contributed by atoms with Gasteiger partial charge in [-0.15, -0.1) is 0 Å². The van der Waals surface area contributed by atoms with Crippen molar-refractivity contribution in [1.82, 2.24) is 9.97 Å². The van der Waals surface area contributed by atoms with Crippen molar-refractivity contribution in [3.05, 3.63) is 53.7 Å². The summed E-state index contributed by atoms with van der Waals surface area (Å²) in [6.45, 7) is 0. The van der Waals surface area contributed by atoms with Gasteiger partial charge in [-0.05, 0) is 12.1 Å². The summed E-state index contributed by atoms with van der Waals surface area (Å²) in [5, 5.41) is 8.87. The Labute approximate surface area is 129 Å². The normalized spacial score (nSPS) is 10.3. The maximum absolute atomic E-state index is 13.3. The van der Waals surface area contributed by atoms with Crippen molar-refractivity contribution >= 4 is 11.0 Å². The number of fused-ring (bicyclic) bond motifs is 1. The summed E-state index contributed by atoms with van der Waals surface area (Å²) in [5.41, 5.74) is 0.786. The van der Waals surface area contributed by atoms with Crippen LogP contribution in [0.3, 0.4) is 0 Å². The van der Waals surface area contributed by atoms with Crippen LogP contribution in [-0.2, 0) is 0 Å². The van der Waals surface area contributed by atoms with E-state index in [4.69, 9.17) is 14.7 Å². The van der Waals surface area contributed by atoms with Gasteiger partial charge >= 0.3 is 0 Å². The van der Waals surface area contributed by atoms with Crippen LogP contribution in [0, 0.1) is 23.0 Å². The average Bonchev–Trinajstić information content (AvgIpc) is 2.56. The predicted molar refractivity (Wildman–Crippen MR) is 77.2 cm³/mol. The molecule has 0 atom stereocenters. The van der Waals surface area contributed by atoms with Gasteiger partial charge in [-0.25, -0.2) is 18.7 Å². The maximum Gasteiger partial charge on any atom is 0.238 e. The first kappa shape index (κ1) is 14.7. The molecule has 0 aliphatic heterocycles. The van der Waals surface area contributed by atoms with Crippen LogP contribution in [0.1, 0.15) is 5.56 Å². The van der Waals surface area contributed by atoms with Gasteiger partial charge in [0, 0.05) is 18.2 Å². The van der Waals surface area contributed by atoms with Crippen LogP contribution in [0.2, 0.25) is 0 Å². The van der Waals surface area contributed by atoms with Crippen molar-refractivity contribution in [1.29, 1.82) is 5.26 Å². The summed E-state index contributed by atoms with van der Waals surface area (Å²) >= 11 is 0. The molecule has 3 rings (SSSR count). The lowest BCUT2D eigenvalue weighted by Crippen LogP contribution is -1.95. The molecule has 5 nitrogen and oxygen atoms in total. The number of halogens is 2. The third kappa shape index (κ3) is 2.87. The Kier molecular flexibility index (Phi) is 3.73. The van der Waals surface area contributed by atoms with Gasteiger partial charge in [0.2, 0.25) is 5.88 Å². The molecule has 1 aromatic heterocycles. The number of ether oxygens (including phenoxy) is 2. The van der Waals surface area contributed by atoms with E-state index in [0.29, 0.717) is 17.1 Å². The average molecular weight is 313 g/mol. The zero-order valence-electron chi connectivity index (χ0n) is 11.9. The summed E-state index contributed by atoms with van der Waals surface area (Å²) in [7, 11) is 1.44. The zero-order valence-corrected chi connectivity index (χ0v) is 11.9. The quantitative estimate of drug-likeness (QED) is 0.739. The summed E-state index contributed by atoms with van der Waals surface area (Å²) in [6, 6.07) is 8.51.